The fourth-order valence-corrected chi connectivity index (χ4v) is 4.79. The molecule has 1 atom stereocenters. The van der Waals surface area contributed by atoms with Crippen molar-refractivity contribution in [2.75, 3.05) is 24.5 Å². The van der Waals surface area contributed by atoms with Gasteiger partial charge in [0.1, 0.15) is 0 Å². The number of hydrogen-bond acceptors (Lipinski definition) is 5. The van der Waals surface area contributed by atoms with Gasteiger partial charge in [0.05, 0.1) is 23.6 Å². The van der Waals surface area contributed by atoms with Gasteiger partial charge in [0.2, 0.25) is 11.9 Å². The molecule has 0 aromatic carbocycles. The number of likely N-dealkylation sites (tertiary alicyclic amines) is 1. The van der Waals surface area contributed by atoms with Gasteiger partial charge in [-0.05, 0) is 44.6 Å². The van der Waals surface area contributed by atoms with Crippen molar-refractivity contribution in [2.45, 2.75) is 58.4 Å². The zero-order chi connectivity index (χ0) is 20.4. The Bertz CT molecular complexity index is 853. The van der Waals surface area contributed by atoms with E-state index in [0.29, 0.717) is 0 Å². The van der Waals surface area contributed by atoms with Crippen molar-refractivity contribution in [3.05, 3.63) is 24.2 Å². The highest BCUT2D eigenvalue weighted by Gasteiger charge is 2.36. The Hall–Kier alpha value is -2.44. The van der Waals surface area contributed by atoms with Gasteiger partial charge in [-0.15, -0.1) is 0 Å². The second-order valence-electron chi connectivity index (χ2n) is 8.21. The average molecular weight is 397 g/mol. The van der Waals surface area contributed by atoms with Crippen LogP contribution in [0.2, 0.25) is 0 Å². The Labute approximate surface area is 173 Å². The summed E-state index contributed by atoms with van der Waals surface area (Å²) in [6, 6.07) is 2.03. The molecule has 2 aliphatic rings. The lowest BCUT2D eigenvalue weighted by Gasteiger charge is -2.29. The lowest BCUT2D eigenvalue weighted by Crippen LogP contribution is -2.36. The quantitative estimate of drug-likeness (QED) is 0.747. The monoisotopic (exact) mass is 396 g/mol. The van der Waals surface area contributed by atoms with E-state index < -0.39 is 0 Å². The van der Waals surface area contributed by atoms with Gasteiger partial charge in [-0.25, -0.2) is 9.97 Å². The Balaban J connectivity index is 1.67. The summed E-state index contributed by atoms with van der Waals surface area (Å²) in [4.78, 5) is 26.9. The zero-order valence-corrected chi connectivity index (χ0v) is 17.8. The molecule has 4 heterocycles. The molecule has 0 aliphatic carbocycles. The van der Waals surface area contributed by atoms with E-state index in [-0.39, 0.29) is 17.9 Å². The van der Waals surface area contributed by atoms with Crippen LogP contribution >= 0.6 is 0 Å². The van der Waals surface area contributed by atoms with Crippen molar-refractivity contribution in [2.24, 2.45) is 13.0 Å². The molecule has 0 saturated carbocycles. The van der Waals surface area contributed by atoms with Crippen LogP contribution in [0.5, 0.6) is 0 Å². The number of aryl methyl sites for hydroxylation is 1. The van der Waals surface area contributed by atoms with Crippen molar-refractivity contribution >= 4 is 11.9 Å². The van der Waals surface area contributed by atoms with Crippen molar-refractivity contribution in [1.29, 1.82) is 0 Å². The molecular formula is C22H32N6O. The summed E-state index contributed by atoms with van der Waals surface area (Å²) in [5.41, 5.74) is 3.00. The largest absolute Gasteiger partial charge is 0.341 e. The number of aromatic nitrogens is 4. The predicted octanol–water partition coefficient (Wildman–Crippen LogP) is 3.58. The highest BCUT2D eigenvalue weighted by Crippen LogP contribution is 2.38. The topological polar surface area (TPSA) is 67.2 Å². The third-order valence-corrected chi connectivity index (χ3v) is 6.48. The summed E-state index contributed by atoms with van der Waals surface area (Å²) in [6.45, 7) is 7.07. The number of carbonyl (C=O) groups is 1. The van der Waals surface area contributed by atoms with Gasteiger partial charge >= 0.3 is 0 Å². The first-order valence-electron chi connectivity index (χ1n) is 11.0. The van der Waals surface area contributed by atoms with E-state index in [2.05, 4.69) is 33.7 Å². The van der Waals surface area contributed by atoms with E-state index in [0.717, 1.165) is 68.2 Å². The Morgan fingerprint density at radius 3 is 2.66 bits per heavy atom. The van der Waals surface area contributed by atoms with Gasteiger partial charge in [-0.3, -0.25) is 9.48 Å². The molecule has 2 aromatic heterocycles. The minimum absolute atomic E-state index is 0.0656. The molecule has 2 saturated heterocycles. The second kappa shape index (κ2) is 8.51. The molecule has 0 N–H and O–H groups in total. The molecular weight excluding hydrogens is 364 g/mol. The van der Waals surface area contributed by atoms with Crippen molar-refractivity contribution < 1.29 is 4.79 Å². The van der Waals surface area contributed by atoms with Crippen LogP contribution < -0.4 is 4.90 Å². The number of hydrogen-bond donors (Lipinski definition) is 0. The molecule has 0 spiro atoms. The lowest BCUT2D eigenvalue weighted by atomic mass is 9.99. The summed E-state index contributed by atoms with van der Waals surface area (Å²) >= 11 is 0. The van der Waals surface area contributed by atoms with Crippen LogP contribution in [0.1, 0.15) is 64.1 Å². The minimum atomic E-state index is 0.0656. The molecule has 2 aliphatic heterocycles. The number of rotatable bonds is 6. The van der Waals surface area contributed by atoms with Crippen LogP contribution in [-0.4, -0.2) is 50.2 Å². The van der Waals surface area contributed by atoms with Gasteiger partial charge in [-0.1, -0.05) is 13.8 Å². The lowest BCUT2D eigenvalue weighted by molar-refractivity contribution is -0.136. The molecule has 4 rings (SSSR count). The maximum absolute atomic E-state index is 13.2. The zero-order valence-electron chi connectivity index (χ0n) is 17.8. The standard InChI is InChI=1S/C22H32N6O/c1-4-16(5-2)21(29)28-14-8-9-19(28)20-17(15-24-26(20)3)18-10-11-23-22(25-18)27-12-6-7-13-27/h10-11,15-16,19H,4-9,12-14H2,1-3H3. The van der Waals surface area contributed by atoms with E-state index in [4.69, 9.17) is 4.98 Å². The van der Waals surface area contributed by atoms with Crippen LogP contribution in [0.4, 0.5) is 5.95 Å². The molecule has 1 unspecified atom stereocenters. The van der Waals surface area contributed by atoms with Crippen LogP contribution in [0, 0.1) is 5.92 Å². The van der Waals surface area contributed by atoms with Gasteiger partial charge in [0.25, 0.3) is 0 Å². The molecule has 7 heteroatoms. The molecule has 29 heavy (non-hydrogen) atoms. The Morgan fingerprint density at radius 1 is 1.17 bits per heavy atom. The first-order chi connectivity index (χ1) is 14.1. The van der Waals surface area contributed by atoms with Crippen LogP contribution in [0.3, 0.4) is 0 Å². The fraction of sp³-hybridized carbons (Fsp3) is 0.636. The molecule has 2 fully saturated rings. The molecule has 7 nitrogen and oxygen atoms in total. The molecule has 0 radical (unpaired) electrons. The second-order valence-corrected chi connectivity index (χ2v) is 8.21. The number of nitrogens with zero attached hydrogens (tertiary/aromatic N) is 6. The summed E-state index contributed by atoms with van der Waals surface area (Å²) in [5.74, 6) is 1.18. The Morgan fingerprint density at radius 2 is 1.93 bits per heavy atom. The average Bonchev–Trinajstić information content (AvgIpc) is 3.49. The SMILES string of the molecule is CCC(CC)C(=O)N1CCCC1c1c(-c2ccnc(N3CCCC3)n2)cnn1C. The van der Waals surface area contributed by atoms with Gasteiger partial charge in [-0.2, -0.15) is 5.10 Å². The third-order valence-electron chi connectivity index (χ3n) is 6.48. The number of amides is 1. The summed E-state index contributed by atoms with van der Waals surface area (Å²) in [6.07, 6.45) is 9.91. The number of carbonyl (C=O) groups excluding carboxylic acids is 1. The predicted molar refractivity (Wildman–Crippen MR) is 113 cm³/mol. The molecule has 156 valence electrons. The highest BCUT2D eigenvalue weighted by molar-refractivity contribution is 5.80. The van der Waals surface area contributed by atoms with E-state index >= 15 is 0 Å². The highest BCUT2D eigenvalue weighted by atomic mass is 16.2. The van der Waals surface area contributed by atoms with E-state index in [1.54, 1.807) is 0 Å². The fourth-order valence-electron chi connectivity index (χ4n) is 4.79. The minimum Gasteiger partial charge on any atom is -0.341 e. The van der Waals surface area contributed by atoms with E-state index in [9.17, 15) is 4.79 Å². The third kappa shape index (κ3) is 3.74. The van der Waals surface area contributed by atoms with Crippen molar-refractivity contribution in [3.8, 4) is 11.3 Å². The maximum atomic E-state index is 13.2. The van der Waals surface area contributed by atoms with Crippen LogP contribution in [0.15, 0.2) is 18.5 Å². The molecule has 0 bridgehead atoms. The smallest absolute Gasteiger partial charge is 0.226 e. The first kappa shape index (κ1) is 19.9. The normalized spacial score (nSPS) is 19.5. The number of anilines is 1. The summed E-state index contributed by atoms with van der Waals surface area (Å²) < 4.78 is 1.93. The van der Waals surface area contributed by atoms with E-state index in [1.807, 2.05) is 30.2 Å². The molecule has 1 amide bonds. The first-order valence-corrected chi connectivity index (χ1v) is 11.0. The maximum Gasteiger partial charge on any atom is 0.226 e. The summed E-state index contributed by atoms with van der Waals surface area (Å²) in [5, 5.41) is 4.55. The Kier molecular flexibility index (Phi) is 5.83. The molecule has 2 aromatic rings. The van der Waals surface area contributed by atoms with E-state index in [1.165, 1.54) is 12.8 Å². The van der Waals surface area contributed by atoms with Gasteiger partial charge in [0, 0.05) is 44.4 Å². The van der Waals surface area contributed by atoms with Crippen molar-refractivity contribution in [1.82, 2.24) is 24.6 Å². The van der Waals surface area contributed by atoms with Gasteiger partial charge < -0.3 is 9.80 Å². The van der Waals surface area contributed by atoms with Gasteiger partial charge in [0.15, 0.2) is 0 Å². The van der Waals surface area contributed by atoms with Crippen molar-refractivity contribution in [3.63, 3.8) is 0 Å². The summed E-state index contributed by atoms with van der Waals surface area (Å²) in [7, 11) is 1.97. The van der Waals surface area contributed by atoms with Crippen LogP contribution in [-0.2, 0) is 11.8 Å². The van der Waals surface area contributed by atoms with Crippen LogP contribution in [0.25, 0.3) is 11.3 Å².